The summed E-state index contributed by atoms with van der Waals surface area (Å²) >= 11 is 0. The molecule has 462 valence electrons. The summed E-state index contributed by atoms with van der Waals surface area (Å²) in [6.07, 6.45) is -1.05. The largest absolute Gasteiger partial charge is 0.379 e. The minimum absolute atomic E-state index is 0.0766. The summed E-state index contributed by atoms with van der Waals surface area (Å²) in [6.45, 7) is 5.63. The van der Waals surface area contributed by atoms with Gasteiger partial charge >= 0.3 is 0 Å². The highest BCUT2D eigenvalue weighted by Gasteiger charge is 2.55. The molecule has 14 nitrogen and oxygen atoms in total. The number of methoxy groups -OCH3 is 1. The van der Waals surface area contributed by atoms with E-state index in [0.717, 1.165) is 83.7 Å². The van der Waals surface area contributed by atoms with Crippen molar-refractivity contribution in [2.45, 2.75) is 132 Å². The Kier molecular flexibility index (Phi) is 25.8. The summed E-state index contributed by atoms with van der Waals surface area (Å²) in [6, 6.07) is 70.9. The number of unbranched alkanes of at least 4 members (excludes halogenated alkanes) is 5. The van der Waals surface area contributed by atoms with Crippen LogP contribution in [0.5, 0.6) is 0 Å². The monoisotopic (exact) mass is 1200 g/mol. The van der Waals surface area contributed by atoms with Crippen molar-refractivity contribution in [2.24, 2.45) is 0 Å². The van der Waals surface area contributed by atoms with Crippen LogP contribution in [0, 0.1) is 0 Å². The van der Waals surface area contributed by atoms with E-state index in [9.17, 15) is 8.42 Å². The van der Waals surface area contributed by atoms with Crippen LogP contribution in [0.4, 0.5) is 0 Å². The number of rotatable bonds is 36. The fraction of sp³-hybridized carbons (Fsp3) is 0.389. The fourth-order valence-electron chi connectivity index (χ4n) is 11.2. The molecule has 0 saturated carbocycles. The maximum absolute atomic E-state index is 12.5. The Morgan fingerprint density at radius 3 is 1.23 bits per heavy atom. The average Bonchev–Trinajstić information content (AvgIpc) is 1.66. The molecule has 0 amide bonds. The second-order valence-corrected chi connectivity index (χ2v) is 23.5. The predicted molar refractivity (Wildman–Crippen MR) is 334 cm³/mol. The molecule has 0 radical (unpaired) electrons. The standard InChI is InChI=1S/C72H84O14S/c1-4-46-77-67-65(79-50-56-34-18-10-19-35-56)63(54-83-87(3,73)74)84-70(75-2)69(67)86-71-68(81-52-58-38-22-12-23-39-58)66(80-51-57-36-20-11-21-37-57)64(78-49-55-32-16-9-17-33-55)62(85-71)53-76-47-30-7-5-6-8-31-48-82-72(59-40-24-13-25-41-59,60-42-26-14-27-43-60)61-44-28-15-29-45-61/h4,9-29,32-45,62-71H,1,5-8,30-31,46-54H2,2-3H3/t62-,63-,64+,65-,66+,67+,68-,69+,70+,71-/m1/s1. The third-order valence-electron chi connectivity index (χ3n) is 15.5. The van der Waals surface area contributed by atoms with Gasteiger partial charge in [-0.1, -0.05) is 244 Å². The molecule has 2 fully saturated rings. The lowest BCUT2D eigenvalue weighted by Gasteiger charge is -2.50. The van der Waals surface area contributed by atoms with E-state index in [1.54, 1.807) is 6.08 Å². The number of hydrogen-bond donors (Lipinski definition) is 0. The number of benzene rings is 7. The Morgan fingerprint density at radius 1 is 0.437 bits per heavy atom. The third-order valence-corrected chi connectivity index (χ3v) is 16.1. The second-order valence-electron chi connectivity index (χ2n) is 21.9. The Hall–Kier alpha value is -6.25. The molecule has 10 atom stereocenters. The van der Waals surface area contributed by atoms with Gasteiger partial charge in [-0.2, -0.15) is 8.42 Å². The summed E-state index contributed by atoms with van der Waals surface area (Å²) in [7, 11) is -2.42. The Morgan fingerprint density at radius 2 is 0.805 bits per heavy atom. The first-order chi connectivity index (χ1) is 42.7. The molecule has 15 heteroatoms. The normalized spacial score (nSPS) is 22.4. The van der Waals surface area contributed by atoms with Gasteiger partial charge in [0.05, 0.1) is 52.5 Å². The lowest BCUT2D eigenvalue weighted by atomic mass is 9.80. The predicted octanol–water partition coefficient (Wildman–Crippen LogP) is 12.7. The van der Waals surface area contributed by atoms with Crippen molar-refractivity contribution >= 4 is 10.1 Å². The molecule has 0 N–H and O–H groups in total. The molecule has 2 heterocycles. The number of ether oxygens (including phenoxy) is 11. The molecule has 9 rings (SSSR count). The van der Waals surface area contributed by atoms with E-state index in [1.165, 1.54) is 7.11 Å². The quantitative estimate of drug-likeness (QED) is 0.0159. The average molecular weight is 1210 g/mol. The molecule has 7 aromatic carbocycles. The van der Waals surface area contributed by atoms with Crippen molar-refractivity contribution in [3.05, 3.63) is 264 Å². The van der Waals surface area contributed by atoms with Crippen LogP contribution in [0.25, 0.3) is 0 Å². The lowest BCUT2D eigenvalue weighted by molar-refractivity contribution is -0.379. The summed E-state index contributed by atoms with van der Waals surface area (Å²) in [5, 5.41) is 0. The van der Waals surface area contributed by atoms with Crippen molar-refractivity contribution in [3.63, 3.8) is 0 Å². The lowest BCUT2D eigenvalue weighted by Crippen LogP contribution is -2.66. The zero-order chi connectivity index (χ0) is 60.4. The third kappa shape index (κ3) is 19.1. The molecular weight excluding hydrogens is 1120 g/mol. The van der Waals surface area contributed by atoms with Gasteiger partial charge in [-0.05, 0) is 51.8 Å². The highest BCUT2D eigenvalue weighted by atomic mass is 32.2. The van der Waals surface area contributed by atoms with E-state index >= 15 is 0 Å². The summed E-state index contributed by atoms with van der Waals surface area (Å²) < 4.78 is 105. The van der Waals surface area contributed by atoms with Crippen molar-refractivity contribution in [1.29, 1.82) is 0 Å². The van der Waals surface area contributed by atoms with Gasteiger partial charge in [0.15, 0.2) is 12.6 Å². The highest BCUT2D eigenvalue weighted by molar-refractivity contribution is 7.86. The SMILES string of the molecule is C=CCO[C@@H]1[C@H](O[C@H]2O[C@H](COCCCCCCCCOC(c3ccccc3)(c3ccccc3)c3ccccc3)[C@H](OCc3ccccc3)[C@H](OCc3ccccc3)[C@H]2OCc2ccccc2)[C@@H](OC)O[C@H](COS(C)(=O)=O)[C@H]1OCc1ccccc1. The van der Waals surface area contributed by atoms with E-state index in [1.807, 2.05) is 140 Å². The van der Waals surface area contributed by atoms with E-state index < -0.39 is 77.1 Å². The van der Waals surface area contributed by atoms with Crippen LogP contribution < -0.4 is 0 Å². The molecule has 0 aromatic heterocycles. The molecule has 2 aliphatic rings. The Balaban J connectivity index is 0.931. The van der Waals surface area contributed by atoms with Crippen LogP contribution in [0.3, 0.4) is 0 Å². The van der Waals surface area contributed by atoms with E-state index in [2.05, 4.69) is 79.4 Å². The highest BCUT2D eigenvalue weighted by Crippen LogP contribution is 2.41. The summed E-state index contributed by atoms with van der Waals surface area (Å²) in [5.41, 5.74) is 6.25. The van der Waals surface area contributed by atoms with Gasteiger partial charge in [0, 0.05) is 20.3 Å². The van der Waals surface area contributed by atoms with Crippen molar-refractivity contribution < 1.29 is 64.7 Å². The molecule has 7 aromatic rings. The first kappa shape index (κ1) is 65.2. The molecule has 2 aliphatic heterocycles. The fourth-order valence-corrected chi connectivity index (χ4v) is 11.6. The molecule has 0 unspecified atom stereocenters. The zero-order valence-electron chi connectivity index (χ0n) is 50.0. The Labute approximate surface area is 514 Å². The van der Waals surface area contributed by atoms with Gasteiger partial charge in [0.25, 0.3) is 10.1 Å². The van der Waals surface area contributed by atoms with Gasteiger partial charge in [0.2, 0.25) is 0 Å². The van der Waals surface area contributed by atoms with Crippen LogP contribution in [-0.4, -0.2) is 116 Å². The van der Waals surface area contributed by atoms with Gasteiger partial charge in [0.1, 0.15) is 54.4 Å². The summed E-state index contributed by atoms with van der Waals surface area (Å²) in [5.74, 6) is 0. The van der Waals surface area contributed by atoms with Crippen molar-refractivity contribution in [2.75, 3.05) is 46.4 Å². The first-order valence-corrected chi connectivity index (χ1v) is 32.1. The van der Waals surface area contributed by atoms with E-state index in [-0.39, 0.29) is 46.2 Å². The van der Waals surface area contributed by atoms with Crippen LogP contribution in [0.2, 0.25) is 0 Å². The topological polar surface area (TPSA) is 145 Å². The van der Waals surface area contributed by atoms with Crippen molar-refractivity contribution in [3.8, 4) is 0 Å². The van der Waals surface area contributed by atoms with Gasteiger partial charge in [-0.25, -0.2) is 0 Å². The van der Waals surface area contributed by atoms with E-state index in [4.69, 9.17) is 56.3 Å². The van der Waals surface area contributed by atoms with E-state index in [0.29, 0.717) is 13.2 Å². The maximum Gasteiger partial charge on any atom is 0.264 e. The Bertz CT molecular complexity index is 3020. The van der Waals surface area contributed by atoms with Crippen LogP contribution in [0.1, 0.15) is 77.5 Å². The zero-order valence-corrected chi connectivity index (χ0v) is 50.8. The van der Waals surface area contributed by atoms with Crippen LogP contribution in [-0.2, 0) is 98.4 Å². The maximum atomic E-state index is 12.5. The first-order valence-electron chi connectivity index (χ1n) is 30.3. The molecule has 0 spiro atoms. The van der Waals surface area contributed by atoms with Crippen molar-refractivity contribution in [1.82, 2.24) is 0 Å². The molecule has 0 bridgehead atoms. The smallest absolute Gasteiger partial charge is 0.264 e. The van der Waals surface area contributed by atoms with Crippen LogP contribution >= 0.6 is 0 Å². The summed E-state index contributed by atoms with van der Waals surface area (Å²) in [4.78, 5) is 0. The van der Waals surface area contributed by atoms with Gasteiger partial charge in [-0.15, -0.1) is 6.58 Å². The minimum Gasteiger partial charge on any atom is -0.379 e. The van der Waals surface area contributed by atoms with Crippen LogP contribution in [0.15, 0.2) is 225 Å². The molecule has 0 aliphatic carbocycles. The molecule has 2 saturated heterocycles. The molecule has 87 heavy (non-hydrogen) atoms. The number of hydrogen-bond acceptors (Lipinski definition) is 14. The molecular formula is C72H84O14S. The second kappa shape index (κ2) is 34.5. The van der Waals surface area contributed by atoms with Gasteiger partial charge < -0.3 is 52.1 Å². The van der Waals surface area contributed by atoms with Gasteiger partial charge in [-0.3, -0.25) is 4.18 Å². The minimum atomic E-state index is -3.90.